The molecule has 3 nitrogen and oxygen atoms in total. The fraction of sp³-hybridized carbons (Fsp3) is 0.250. The van der Waals surface area contributed by atoms with Gasteiger partial charge in [-0.05, 0) is 6.92 Å². The highest BCUT2D eigenvalue weighted by Crippen LogP contribution is 2.32. The molecule has 0 unspecified atom stereocenters. The van der Waals surface area contributed by atoms with Crippen molar-refractivity contribution in [1.82, 2.24) is 9.97 Å². The number of nitrogens with zero attached hydrogens (tertiary/aromatic N) is 2. The second-order valence-corrected chi connectivity index (χ2v) is 3.90. The molecule has 0 radical (unpaired) electrons. The minimum Gasteiger partial charge on any atom is -0.390 e. The maximum Gasteiger partial charge on any atom is 0.451 e. The molecule has 0 aliphatic heterocycles. The average Bonchev–Trinajstić information content (AvgIpc) is 2.46. The third-order valence-electron chi connectivity index (χ3n) is 1.92. The summed E-state index contributed by atoms with van der Waals surface area (Å²) in [4.78, 5) is 6.82. The fourth-order valence-corrected chi connectivity index (χ4v) is 2.07. The highest BCUT2D eigenvalue weighted by atomic mass is 32.1. The molecule has 0 spiro atoms. The molecule has 80 valence electrons. The molecular formula is C8H6F3N3S. The normalized spacial score (nSPS) is 12.3. The van der Waals surface area contributed by atoms with Crippen LogP contribution in [0.2, 0.25) is 0 Å². The van der Waals surface area contributed by atoms with E-state index in [2.05, 4.69) is 9.97 Å². The van der Waals surface area contributed by atoms with Gasteiger partial charge in [-0.15, -0.1) is 11.3 Å². The van der Waals surface area contributed by atoms with Crippen LogP contribution in [0.15, 0.2) is 5.38 Å². The number of nitrogens with two attached hydrogens (primary N) is 1. The van der Waals surface area contributed by atoms with Crippen molar-refractivity contribution in [1.29, 1.82) is 0 Å². The molecule has 2 aromatic rings. The third kappa shape index (κ3) is 1.63. The Morgan fingerprint density at radius 1 is 1.33 bits per heavy atom. The monoisotopic (exact) mass is 233 g/mol. The smallest absolute Gasteiger partial charge is 0.390 e. The van der Waals surface area contributed by atoms with E-state index in [1.54, 1.807) is 0 Å². The Kier molecular flexibility index (Phi) is 2.07. The van der Waals surface area contributed by atoms with E-state index in [4.69, 9.17) is 5.73 Å². The molecule has 2 heterocycles. The van der Waals surface area contributed by atoms with E-state index in [1.807, 2.05) is 0 Å². The number of fused-ring (bicyclic) bond motifs is 1. The molecule has 0 aliphatic rings. The van der Waals surface area contributed by atoms with E-state index in [9.17, 15) is 13.2 Å². The summed E-state index contributed by atoms with van der Waals surface area (Å²) in [5, 5.41) is 2.44. The summed E-state index contributed by atoms with van der Waals surface area (Å²) < 4.78 is 37.0. The summed E-state index contributed by atoms with van der Waals surface area (Å²) in [6, 6.07) is 0. The maximum atomic E-state index is 12.3. The van der Waals surface area contributed by atoms with Crippen LogP contribution in [-0.2, 0) is 6.18 Å². The van der Waals surface area contributed by atoms with Crippen LogP contribution in [0.4, 0.5) is 18.2 Å². The molecule has 0 aliphatic carbocycles. The Balaban J connectivity index is 2.74. The van der Waals surface area contributed by atoms with Crippen LogP contribution in [0.1, 0.15) is 11.5 Å². The van der Waals surface area contributed by atoms with Gasteiger partial charge in [0.15, 0.2) is 0 Å². The minimum atomic E-state index is -4.52. The van der Waals surface area contributed by atoms with Crippen molar-refractivity contribution < 1.29 is 13.2 Å². The first kappa shape index (κ1) is 10.2. The third-order valence-corrected chi connectivity index (χ3v) is 2.71. The Labute approximate surface area is 86.8 Å². The van der Waals surface area contributed by atoms with Gasteiger partial charge in [-0.25, -0.2) is 9.97 Å². The number of hydrogen-bond donors (Lipinski definition) is 1. The number of hydrogen-bond acceptors (Lipinski definition) is 4. The van der Waals surface area contributed by atoms with Crippen LogP contribution in [0.25, 0.3) is 10.9 Å². The molecule has 0 amide bonds. The number of aromatic nitrogens is 2. The number of halogens is 3. The quantitative estimate of drug-likeness (QED) is 0.760. The molecule has 15 heavy (non-hydrogen) atoms. The van der Waals surface area contributed by atoms with Crippen LogP contribution in [0.5, 0.6) is 0 Å². The lowest BCUT2D eigenvalue weighted by molar-refractivity contribution is -0.144. The highest BCUT2D eigenvalue weighted by Gasteiger charge is 2.35. The van der Waals surface area contributed by atoms with Crippen molar-refractivity contribution in [2.75, 3.05) is 5.73 Å². The molecule has 2 aromatic heterocycles. The standard InChI is InChI=1S/C8H6F3N3S/c1-3-5-4(2-15-6(5)12)14-7(13-3)8(9,10)11/h2H,12H2,1H3. The van der Waals surface area contributed by atoms with Gasteiger partial charge in [-0.1, -0.05) is 0 Å². The molecule has 0 aromatic carbocycles. The van der Waals surface area contributed by atoms with Crippen LogP contribution in [-0.4, -0.2) is 9.97 Å². The number of thiophene rings is 1. The van der Waals surface area contributed by atoms with E-state index in [0.29, 0.717) is 10.4 Å². The number of anilines is 1. The minimum absolute atomic E-state index is 0.248. The molecule has 0 bridgehead atoms. The summed E-state index contributed by atoms with van der Waals surface area (Å²) in [5.74, 6) is -1.12. The predicted octanol–water partition coefficient (Wildman–Crippen LogP) is 2.60. The van der Waals surface area contributed by atoms with Gasteiger partial charge in [0, 0.05) is 5.38 Å². The van der Waals surface area contributed by atoms with Crippen molar-refractivity contribution in [3.8, 4) is 0 Å². The van der Waals surface area contributed by atoms with Gasteiger partial charge in [0.2, 0.25) is 5.82 Å². The van der Waals surface area contributed by atoms with Gasteiger partial charge in [0.05, 0.1) is 21.6 Å². The zero-order valence-electron chi connectivity index (χ0n) is 7.59. The molecule has 0 fully saturated rings. The van der Waals surface area contributed by atoms with Crippen molar-refractivity contribution in [3.05, 3.63) is 16.9 Å². The van der Waals surface area contributed by atoms with Gasteiger partial charge in [0.1, 0.15) is 0 Å². The first-order chi connectivity index (χ1) is 6.89. The van der Waals surface area contributed by atoms with Crippen LogP contribution in [0, 0.1) is 6.92 Å². The van der Waals surface area contributed by atoms with E-state index in [1.165, 1.54) is 12.3 Å². The van der Waals surface area contributed by atoms with Gasteiger partial charge < -0.3 is 5.73 Å². The highest BCUT2D eigenvalue weighted by molar-refractivity contribution is 7.15. The zero-order valence-corrected chi connectivity index (χ0v) is 8.41. The zero-order chi connectivity index (χ0) is 11.2. The first-order valence-corrected chi connectivity index (χ1v) is 4.86. The van der Waals surface area contributed by atoms with Gasteiger partial charge in [-0.3, -0.25) is 0 Å². The lowest BCUT2D eigenvalue weighted by Gasteiger charge is -2.06. The number of nitrogen functional groups attached to an aromatic ring is 1. The SMILES string of the molecule is Cc1nc(C(F)(F)F)nc2csc(N)c12. The van der Waals surface area contributed by atoms with Gasteiger partial charge in [0.25, 0.3) is 0 Å². The summed E-state index contributed by atoms with van der Waals surface area (Å²) >= 11 is 1.16. The Hall–Kier alpha value is -1.37. The van der Waals surface area contributed by atoms with Gasteiger partial charge in [-0.2, -0.15) is 13.2 Å². The van der Waals surface area contributed by atoms with E-state index in [0.717, 1.165) is 11.3 Å². The molecule has 0 atom stereocenters. The largest absolute Gasteiger partial charge is 0.451 e. The Morgan fingerprint density at radius 3 is 2.60 bits per heavy atom. The number of aryl methyl sites for hydroxylation is 1. The van der Waals surface area contributed by atoms with Crippen molar-refractivity contribution in [2.45, 2.75) is 13.1 Å². The Morgan fingerprint density at radius 2 is 2.00 bits per heavy atom. The molecule has 2 N–H and O–H groups in total. The second-order valence-electron chi connectivity index (χ2n) is 2.99. The second kappa shape index (κ2) is 3.06. The number of rotatable bonds is 0. The molecule has 7 heteroatoms. The van der Waals surface area contributed by atoms with Crippen LogP contribution >= 0.6 is 11.3 Å². The van der Waals surface area contributed by atoms with Crippen molar-refractivity contribution in [2.24, 2.45) is 0 Å². The van der Waals surface area contributed by atoms with Gasteiger partial charge >= 0.3 is 6.18 Å². The molecule has 0 saturated heterocycles. The molecule has 2 rings (SSSR count). The molecule has 0 saturated carbocycles. The number of alkyl halides is 3. The first-order valence-electron chi connectivity index (χ1n) is 3.98. The van der Waals surface area contributed by atoms with Crippen LogP contribution < -0.4 is 5.73 Å². The van der Waals surface area contributed by atoms with Crippen molar-refractivity contribution in [3.63, 3.8) is 0 Å². The summed E-state index contributed by atoms with van der Waals surface area (Å²) in [7, 11) is 0. The lowest BCUT2D eigenvalue weighted by atomic mass is 10.3. The Bertz CT molecular complexity index is 518. The summed E-state index contributed by atoms with van der Waals surface area (Å²) in [6.07, 6.45) is -4.52. The topological polar surface area (TPSA) is 51.8 Å². The molecular weight excluding hydrogens is 227 g/mol. The fourth-order valence-electron chi connectivity index (χ4n) is 1.29. The predicted molar refractivity (Wildman–Crippen MR) is 51.6 cm³/mol. The van der Waals surface area contributed by atoms with Crippen LogP contribution in [0.3, 0.4) is 0 Å². The summed E-state index contributed by atoms with van der Waals surface area (Å²) in [5.41, 5.74) is 6.10. The van der Waals surface area contributed by atoms with E-state index < -0.39 is 12.0 Å². The van der Waals surface area contributed by atoms with Crippen molar-refractivity contribution >= 4 is 27.2 Å². The lowest BCUT2D eigenvalue weighted by Crippen LogP contribution is -2.11. The van der Waals surface area contributed by atoms with E-state index >= 15 is 0 Å². The van der Waals surface area contributed by atoms with E-state index in [-0.39, 0.29) is 11.2 Å². The summed E-state index contributed by atoms with van der Waals surface area (Å²) in [6.45, 7) is 1.49. The average molecular weight is 233 g/mol. The maximum absolute atomic E-state index is 12.3.